The van der Waals surface area contributed by atoms with Crippen molar-refractivity contribution in [2.24, 2.45) is 5.92 Å². The minimum atomic E-state index is 0. The number of hydrogen-bond acceptors (Lipinski definition) is 3. The van der Waals surface area contributed by atoms with Crippen LogP contribution in [0, 0.1) is 5.92 Å². The number of amides is 1. The van der Waals surface area contributed by atoms with Crippen molar-refractivity contribution >= 4 is 29.1 Å². The van der Waals surface area contributed by atoms with Crippen LogP contribution in [0.1, 0.15) is 6.42 Å². The van der Waals surface area contributed by atoms with E-state index in [0.717, 1.165) is 36.0 Å². The van der Waals surface area contributed by atoms with Crippen LogP contribution in [-0.2, 0) is 4.79 Å². The van der Waals surface area contributed by atoms with E-state index in [-0.39, 0.29) is 24.2 Å². The van der Waals surface area contributed by atoms with E-state index in [1.165, 1.54) is 0 Å². The van der Waals surface area contributed by atoms with E-state index in [1.807, 2.05) is 30.3 Å². The van der Waals surface area contributed by atoms with Crippen molar-refractivity contribution in [3.8, 4) is 5.75 Å². The maximum atomic E-state index is 11.9. The average molecular weight is 321 g/mol. The first-order valence-electron chi connectivity index (χ1n) is 7.43. The fourth-order valence-electron chi connectivity index (χ4n) is 2.68. The van der Waals surface area contributed by atoms with Gasteiger partial charge in [-0.3, -0.25) is 4.79 Å². The highest BCUT2D eigenvalue weighted by Crippen LogP contribution is 2.24. The Kier molecular flexibility index (Phi) is 6.04. The summed E-state index contributed by atoms with van der Waals surface area (Å²) in [6, 6.07) is 14.2. The topological polar surface area (TPSA) is 50.4 Å². The number of carbonyl (C=O) groups is 1. The summed E-state index contributed by atoms with van der Waals surface area (Å²) in [5, 5.41) is 8.40. The Balaban J connectivity index is 0.00000176. The Morgan fingerprint density at radius 2 is 2.05 bits per heavy atom. The van der Waals surface area contributed by atoms with Gasteiger partial charge in [-0.2, -0.15) is 0 Å². The van der Waals surface area contributed by atoms with Crippen LogP contribution in [0.3, 0.4) is 0 Å². The van der Waals surface area contributed by atoms with Crippen molar-refractivity contribution in [2.45, 2.75) is 6.42 Å². The summed E-state index contributed by atoms with van der Waals surface area (Å²) in [7, 11) is 0. The predicted octanol–water partition coefficient (Wildman–Crippen LogP) is 2.37. The summed E-state index contributed by atoms with van der Waals surface area (Å²) in [5.74, 6) is 1.11. The molecule has 5 heteroatoms. The average Bonchev–Trinajstić information content (AvgIpc) is 3.06. The van der Waals surface area contributed by atoms with Gasteiger partial charge in [0.2, 0.25) is 5.91 Å². The summed E-state index contributed by atoms with van der Waals surface area (Å²) >= 11 is 0. The number of benzene rings is 2. The lowest BCUT2D eigenvalue weighted by atomic mass is 10.1. The maximum absolute atomic E-state index is 11.9. The van der Waals surface area contributed by atoms with Gasteiger partial charge in [-0.15, -0.1) is 12.4 Å². The van der Waals surface area contributed by atoms with Crippen molar-refractivity contribution in [3.63, 3.8) is 0 Å². The van der Waals surface area contributed by atoms with Gasteiger partial charge in [0.25, 0.3) is 0 Å². The van der Waals surface area contributed by atoms with E-state index in [0.29, 0.717) is 13.2 Å². The van der Waals surface area contributed by atoms with Crippen LogP contribution in [0.15, 0.2) is 42.5 Å². The van der Waals surface area contributed by atoms with Crippen molar-refractivity contribution in [3.05, 3.63) is 42.5 Å². The molecule has 0 radical (unpaired) electrons. The smallest absolute Gasteiger partial charge is 0.224 e. The molecule has 2 aromatic carbocycles. The lowest BCUT2D eigenvalue weighted by molar-refractivity contribution is -0.124. The minimum absolute atomic E-state index is 0. The third-order valence-electron chi connectivity index (χ3n) is 3.84. The molecule has 0 bridgehead atoms. The second kappa shape index (κ2) is 8.01. The fourth-order valence-corrected chi connectivity index (χ4v) is 2.68. The maximum Gasteiger partial charge on any atom is 0.224 e. The Labute approximate surface area is 136 Å². The molecule has 0 aromatic heterocycles. The number of carbonyl (C=O) groups excluding carboxylic acids is 1. The summed E-state index contributed by atoms with van der Waals surface area (Å²) in [6.07, 6.45) is 0.927. The molecule has 4 nitrogen and oxygen atoms in total. The number of ether oxygens (including phenoxy) is 1. The highest BCUT2D eigenvalue weighted by Gasteiger charge is 2.21. The van der Waals surface area contributed by atoms with Gasteiger partial charge in [-0.05, 0) is 24.4 Å². The lowest BCUT2D eigenvalue weighted by Crippen LogP contribution is -2.34. The number of hydrogen-bond donors (Lipinski definition) is 2. The Hall–Kier alpha value is -1.78. The van der Waals surface area contributed by atoms with Gasteiger partial charge in [0, 0.05) is 11.9 Å². The molecule has 2 aromatic rings. The Morgan fingerprint density at radius 1 is 1.23 bits per heavy atom. The Bertz CT molecular complexity index is 622. The molecule has 2 N–H and O–H groups in total. The minimum Gasteiger partial charge on any atom is -0.491 e. The van der Waals surface area contributed by atoms with E-state index in [2.05, 4.69) is 22.8 Å². The number of halogens is 1. The number of nitrogens with one attached hydrogen (secondary N) is 2. The Morgan fingerprint density at radius 3 is 2.86 bits per heavy atom. The first-order chi connectivity index (χ1) is 10.3. The van der Waals surface area contributed by atoms with E-state index in [9.17, 15) is 4.79 Å². The first-order valence-corrected chi connectivity index (χ1v) is 7.43. The standard InChI is InChI=1S/C17H20N2O2.ClH/c20-17(14-8-9-18-12-14)19-10-11-21-16-7-3-5-13-4-1-2-6-15(13)16;/h1-7,14,18H,8-12H2,(H,19,20);1H. The molecule has 0 spiro atoms. The molecule has 1 saturated heterocycles. The van der Waals surface area contributed by atoms with Crippen LogP contribution >= 0.6 is 12.4 Å². The van der Waals surface area contributed by atoms with E-state index < -0.39 is 0 Å². The molecule has 1 heterocycles. The highest BCUT2D eigenvalue weighted by molar-refractivity contribution is 5.88. The fraction of sp³-hybridized carbons (Fsp3) is 0.353. The molecule has 0 aliphatic carbocycles. The van der Waals surface area contributed by atoms with Crippen LogP contribution in [0.2, 0.25) is 0 Å². The molecule has 1 fully saturated rings. The van der Waals surface area contributed by atoms with Crippen LogP contribution in [-0.4, -0.2) is 32.1 Å². The zero-order chi connectivity index (χ0) is 14.5. The first kappa shape index (κ1) is 16.6. The van der Waals surface area contributed by atoms with Crippen LogP contribution in [0.4, 0.5) is 0 Å². The second-order valence-electron chi connectivity index (χ2n) is 5.31. The van der Waals surface area contributed by atoms with Gasteiger partial charge in [-0.25, -0.2) is 0 Å². The highest BCUT2D eigenvalue weighted by atomic mass is 35.5. The number of fused-ring (bicyclic) bond motifs is 1. The van der Waals surface area contributed by atoms with Crippen molar-refractivity contribution in [2.75, 3.05) is 26.2 Å². The molecule has 1 atom stereocenters. The zero-order valence-corrected chi connectivity index (χ0v) is 13.2. The molecule has 1 unspecified atom stereocenters. The van der Waals surface area contributed by atoms with Gasteiger partial charge in [-0.1, -0.05) is 36.4 Å². The molecule has 118 valence electrons. The lowest BCUT2D eigenvalue weighted by Gasteiger charge is -2.12. The molecule has 1 aliphatic rings. The van der Waals surface area contributed by atoms with Gasteiger partial charge >= 0.3 is 0 Å². The molecule has 22 heavy (non-hydrogen) atoms. The van der Waals surface area contributed by atoms with Gasteiger partial charge in [0.1, 0.15) is 12.4 Å². The van der Waals surface area contributed by atoms with Gasteiger partial charge in [0.05, 0.1) is 12.5 Å². The van der Waals surface area contributed by atoms with E-state index in [4.69, 9.17) is 4.74 Å². The van der Waals surface area contributed by atoms with Crippen LogP contribution in [0.5, 0.6) is 5.75 Å². The van der Waals surface area contributed by atoms with Crippen molar-refractivity contribution in [1.29, 1.82) is 0 Å². The van der Waals surface area contributed by atoms with E-state index in [1.54, 1.807) is 0 Å². The quantitative estimate of drug-likeness (QED) is 0.832. The predicted molar refractivity (Wildman–Crippen MR) is 90.7 cm³/mol. The normalized spacial score (nSPS) is 17.0. The molecular weight excluding hydrogens is 300 g/mol. The molecule has 1 amide bonds. The molecule has 1 aliphatic heterocycles. The largest absolute Gasteiger partial charge is 0.491 e. The van der Waals surface area contributed by atoms with Crippen molar-refractivity contribution < 1.29 is 9.53 Å². The summed E-state index contributed by atoms with van der Waals surface area (Å²) in [6.45, 7) is 2.75. The zero-order valence-electron chi connectivity index (χ0n) is 12.4. The second-order valence-corrected chi connectivity index (χ2v) is 5.31. The molecular formula is C17H21ClN2O2. The van der Waals surface area contributed by atoms with Gasteiger partial charge in [0.15, 0.2) is 0 Å². The van der Waals surface area contributed by atoms with Crippen LogP contribution < -0.4 is 15.4 Å². The number of rotatable bonds is 5. The summed E-state index contributed by atoms with van der Waals surface area (Å²) in [4.78, 5) is 11.9. The summed E-state index contributed by atoms with van der Waals surface area (Å²) in [5.41, 5.74) is 0. The van der Waals surface area contributed by atoms with Gasteiger partial charge < -0.3 is 15.4 Å². The van der Waals surface area contributed by atoms with E-state index >= 15 is 0 Å². The monoisotopic (exact) mass is 320 g/mol. The summed E-state index contributed by atoms with van der Waals surface area (Å²) < 4.78 is 5.80. The van der Waals surface area contributed by atoms with Crippen molar-refractivity contribution in [1.82, 2.24) is 10.6 Å². The molecule has 0 saturated carbocycles. The van der Waals surface area contributed by atoms with Crippen LogP contribution in [0.25, 0.3) is 10.8 Å². The third kappa shape index (κ3) is 3.90. The SMILES string of the molecule is Cl.O=C(NCCOc1cccc2ccccc12)C1CCNC1. The molecule has 3 rings (SSSR count). The third-order valence-corrected chi connectivity index (χ3v) is 3.84.